The van der Waals surface area contributed by atoms with E-state index in [4.69, 9.17) is 18.0 Å². The first-order valence-electron chi connectivity index (χ1n) is 4.29. The molecule has 0 spiro atoms. The van der Waals surface area contributed by atoms with E-state index in [1.54, 1.807) is 4.90 Å². The van der Waals surface area contributed by atoms with E-state index in [1.807, 2.05) is 30.3 Å². The number of hydrogen-bond donors (Lipinski definition) is 1. The second-order valence-corrected chi connectivity index (χ2v) is 3.38. The molecule has 0 fully saturated rings. The Bertz CT molecular complexity index is 313. The summed E-state index contributed by atoms with van der Waals surface area (Å²) in [5.74, 6) is 0. The zero-order valence-corrected chi connectivity index (χ0v) is 8.54. The van der Waals surface area contributed by atoms with E-state index in [0.29, 0.717) is 18.0 Å². The molecule has 0 radical (unpaired) electrons. The Hall–Kier alpha value is -1.42. The van der Waals surface area contributed by atoms with Crippen molar-refractivity contribution < 1.29 is 4.79 Å². The number of thiocarbonyl (C=S) groups is 1. The molecule has 0 saturated heterocycles. The summed E-state index contributed by atoms with van der Waals surface area (Å²) in [4.78, 5) is 12.8. The third kappa shape index (κ3) is 3.14. The summed E-state index contributed by atoms with van der Waals surface area (Å²) in [5.41, 5.74) is 6.22. The lowest BCUT2D eigenvalue weighted by Crippen LogP contribution is -2.25. The third-order valence-corrected chi connectivity index (χ3v) is 2.02. The molecule has 2 N–H and O–H groups in total. The molecular formula is C10H12N2OS. The summed E-state index contributed by atoms with van der Waals surface area (Å²) < 4.78 is 0. The lowest BCUT2D eigenvalue weighted by atomic mass is 10.3. The smallest absolute Gasteiger partial charge is 0.214 e. The number of carbonyl (C=O) groups is 1. The third-order valence-electron chi connectivity index (χ3n) is 1.81. The average molecular weight is 208 g/mol. The van der Waals surface area contributed by atoms with E-state index in [2.05, 4.69) is 0 Å². The fraction of sp³-hybridized carbons (Fsp3) is 0.200. The van der Waals surface area contributed by atoms with Gasteiger partial charge in [0.15, 0.2) is 0 Å². The van der Waals surface area contributed by atoms with Crippen molar-refractivity contribution in [2.45, 2.75) is 6.42 Å². The topological polar surface area (TPSA) is 46.3 Å². The van der Waals surface area contributed by atoms with Crippen molar-refractivity contribution in [2.24, 2.45) is 5.73 Å². The number of carbonyl (C=O) groups excluding carboxylic acids is 1. The molecule has 0 saturated carbocycles. The van der Waals surface area contributed by atoms with Gasteiger partial charge in [-0.1, -0.05) is 30.4 Å². The van der Waals surface area contributed by atoms with Gasteiger partial charge in [-0.15, -0.1) is 0 Å². The van der Waals surface area contributed by atoms with Crippen molar-refractivity contribution in [1.82, 2.24) is 0 Å². The molecule has 0 atom stereocenters. The van der Waals surface area contributed by atoms with Gasteiger partial charge in [0.1, 0.15) is 0 Å². The Balaban J connectivity index is 2.63. The first-order chi connectivity index (χ1) is 6.74. The van der Waals surface area contributed by atoms with Crippen molar-refractivity contribution in [3.8, 4) is 0 Å². The zero-order chi connectivity index (χ0) is 10.4. The van der Waals surface area contributed by atoms with Crippen molar-refractivity contribution in [2.75, 3.05) is 11.4 Å². The summed E-state index contributed by atoms with van der Waals surface area (Å²) in [6.45, 7) is 0.531. The van der Waals surface area contributed by atoms with Crippen LogP contribution in [0.3, 0.4) is 0 Å². The van der Waals surface area contributed by atoms with Crippen LogP contribution in [0.4, 0.5) is 5.69 Å². The Kier molecular flexibility index (Phi) is 4.07. The number of nitrogens with two attached hydrogens (primary N) is 1. The molecule has 0 unspecified atom stereocenters. The molecule has 0 aliphatic carbocycles. The molecule has 0 aromatic heterocycles. The second-order valence-electron chi connectivity index (χ2n) is 2.85. The minimum absolute atomic E-state index is 0.424. The number of hydrogen-bond acceptors (Lipinski definition) is 2. The standard InChI is InChI=1S/C10H12N2OS/c11-10(14)6-7-12(8-13)9-4-2-1-3-5-9/h1-5,8H,6-7H2,(H2,11,14). The van der Waals surface area contributed by atoms with Crippen LogP contribution in [0.2, 0.25) is 0 Å². The SMILES string of the molecule is NC(=S)CCN(C=O)c1ccccc1. The van der Waals surface area contributed by atoms with E-state index < -0.39 is 0 Å². The number of para-hydroxylation sites is 1. The van der Waals surface area contributed by atoms with Crippen molar-refractivity contribution in [1.29, 1.82) is 0 Å². The average Bonchev–Trinajstić information content (AvgIpc) is 2.20. The van der Waals surface area contributed by atoms with Gasteiger partial charge in [-0.3, -0.25) is 4.79 Å². The Morgan fingerprint density at radius 3 is 2.57 bits per heavy atom. The highest BCUT2D eigenvalue weighted by Gasteiger charge is 2.03. The maximum Gasteiger partial charge on any atom is 0.214 e. The maximum absolute atomic E-state index is 10.8. The van der Waals surface area contributed by atoms with Gasteiger partial charge < -0.3 is 10.6 Å². The molecule has 1 amide bonds. The van der Waals surface area contributed by atoms with Crippen LogP contribution in [-0.4, -0.2) is 17.9 Å². The van der Waals surface area contributed by atoms with E-state index in [0.717, 1.165) is 12.1 Å². The van der Waals surface area contributed by atoms with E-state index >= 15 is 0 Å². The van der Waals surface area contributed by atoms with Crippen LogP contribution in [-0.2, 0) is 4.79 Å². The molecule has 74 valence electrons. The van der Waals surface area contributed by atoms with Gasteiger partial charge in [0, 0.05) is 18.7 Å². The zero-order valence-electron chi connectivity index (χ0n) is 7.72. The van der Waals surface area contributed by atoms with Gasteiger partial charge in [0.05, 0.1) is 4.99 Å². The summed E-state index contributed by atoms with van der Waals surface area (Å²) in [5, 5.41) is 0. The van der Waals surface area contributed by atoms with E-state index in [-0.39, 0.29) is 0 Å². The van der Waals surface area contributed by atoms with Crippen LogP contribution in [0.5, 0.6) is 0 Å². The first-order valence-corrected chi connectivity index (χ1v) is 4.70. The molecule has 1 aromatic rings. The highest BCUT2D eigenvalue weighted by atomic mass is 32.1. The lowest BCUT2D eigenvalue weighted by Gasteiger charge is -2.16. The minimum atomic E-state index is 0.424. The van der Waals surface area contributed by atoms with Gasteiger partial charge in [0.25, 0.3) is 0 Å². The van der Waals surface area contributed by atoms with Crippen molar-refractivity contribution >= 4 is 29.3 Å². The highest BCUT2D eigenvalue weighted by Crippen LogP contribution is 2.11. The number of amides is 1. The second kappa shape index (κ2) is 5.34. The van der Waals surface area contributed by atoms with Crippen LogP contribution in [0.15, 0.2) is 30.3 Å². The molecule has 1 rings (SSSR count). The summed E-state index contributed by atoms with van der Waals surface area (Å²) in [7, 11) is 0. The van der Waals surface area contributed by atoms with Gasteiger partial charge in [-0.25, -0.2) is 0 Å². The minimum Gasteiger partial charge on any atom is -0.393 e. The fourth-order valence-electron chi connectivity index (χ4n) is 1.09. The summed E-state index contributed by atoms with van der Waals surface area (Å²) in [6.07, 6.45) is 1.33. The first kappa shape index (κ1) is 10.7. The molecule has 1 aromatic carbocycles. The predicted molar refractivity (Wildman–Crippen MR) is 61.3 cm³/mol. The van der Waals surface area contributed by atoms with Crippen molar-refractivity contribution in [3.05, 3.63) is 30.3 Å². The molecule has 0 aliphatic rings. The quantitative estimate of drug-likeness (QED) is 0.586. The number of anilines is 1. The largest absolute Gasteiger partial charge is 0.393 e. The normalized spacial score (nSPS) is 9.43. The van der Waals surface area contributed by atoms with Crippen LogP contribution in [0.1, 0.15) is 6.42 Å². The fourth-order valence-corrected chi connectivity index (χ4v) is 1.18. The van der Waals surface area contributed by atoms with E-state index in [9.17, 15) is 4.79 Å². The van der Waals surface area contributed by atoms with Crippen LogP contribution in [0, 0.1) is 0 Å². The van der Waals surface area contributed by atoms with Gasteiger partial charge in [-0.2, -0.15) is 0 Å². The monoisotopic (exact) mass is 208 g/mol. The van der Waals surface area contributed by atoms with Gasteiger partial charge in [-0.05, 0) is 12.1 Å². The van der Waals surface area contributed by atoms with E-state index in [1.165, 1.54) is 0 Å². The van der Waals surface area contributed by atoms with Gasteiger partial charge >= 0.3 is 0 Å². The molecule has 14 heavy (non-hydrogen) atoms. The summed E-state index contributed by atoms with van der Waals surface area (Å²) in [6, 6.07) is 9.40. The highest BCUT2D eigenvalue weighted by molar-refractivity contribution is 7.80. The predicted octanol–water partition coefficient (Wildman–Crippen LogP) is 1.33. The number of nitrogens with zero attached hydrogens (tertiary/aromatic N) is 1. The Morgan fingerprint density at radius 1 is 1.43 bits per heavy atom. The summed E-state index contributed by atoms with van der Waals surface area (Å²) >= 11 is 4.75. The Labute approximate surface area is 88.5 Å². The molecule has 4 heteroatoms. The number of benzene rings is 1. The van der Waals surface area contributed by atoms with Crippen molar-refractivity contribution in [3.63, 3.8) is 0 Å². The van der Waals surface area contributed by atoms with Crippen LogP contribution >= 0.6 is 12.2 Å². The number of rotatable bonds is 5. The lowest BCUT2D eigenvalue weighted by molar-refractivity contribution is -0.107. The molecule has 3 nitrogen and oxygen atoms in total. The Morgan fingerprint density at radius 2 is 2.07 bits per heavy atom. The molecular weight excluding hydrogens is 196 g/mol. The molecule has 0 aliphatic heterocycles. The molecule has 0 bridgehead atoms. The van der Waals surface area contributed by atoms with Crippen LogP contribution in [0.25, 0.3) is 0 Å². The van der Waals surface area contributed by atoms with Crippen LogP contribution < -0.4 is 10.6 Å². The maximum atomic E-state index is 10.8. The van der Waals surface area contributed by atoms with Gasteiger partial charge in [0.2, 0.25) is 6.41 Å². The molecule has 0 heterocycles.